The van der Waals surface area contributed by atoms with Gasteiger partial charge >= 0.3 is 5.97 Å². The minimum absolute atomic E-state index is 0.123. The second kappa shape index (κ2) is 10.5. The fraction of sp³-hybridized carbons (Fsp3) is 0.0870. The fourth-order valence-electron chi connectivity index (χ4n) is 2.79. The molecule has 0 saturated carbocycles. The zero-order valence-corrected chi connectivity index (χ0v) is 19.8. The summed E-state index contributed by atoms with van der Waals surface area (Å²) < 4.78 is 22.2. The zero-order chi connectivity index (χ0) is 23.2. The Hall–Kier alpha value is -3.31. The van der Waals surface area contributed by atoms with Crippen LogP contribution in [-0.2, 0) is 4.79 Å². The van der Waals surface area contributed by atoms with E-state index in [1.165, 1.54) is 6.21 Å². The molecule has 3 aromatic rings. The van der Waals surface area contributed by atoms with Crippen molar-refractivity contribution in [2.24, 2.45) is 5.10 Å². The lowest BCUT2D eigenvalue weighted by atomic mass is 10.2. The van der Waals surface area contributed by atoms with Gasteiger partial charge in [0.15, 0.2) is 18.1 Å². The minimum atomic E-state index is -0.537. The van der Waals surface area contributed by atoms with Gasteiger partial charge in [0.1, 0.15) is 11.5 Å². The fourth-order valence-corrected chi connectivity index (χ4v) is 3.82. The van der Waals surface area contributed by atoms with Crippen LogP contribution < -0.4 is 24.4 Å². The molecule has 1 heterocycles. The van der Waals surface area contributed by atoms with Gasteiger partial charge in [-0.1, -0.05) is 23.7 Å². The number of benzene rings is 3. The van der Waals surface area contributed by atoms with E-state index in [9.17, 15) is 9.59 Å². The number of amides is 1. The summed E-state index contributed by atoms with van der Waals surface area (Å²) in [5, 5.41) is 4.50. The van der Waals surface area contributed by atoms with Gasteiger partial charge in [-0.05, 0) is 76.7 Å². The van der Waals surface area contributed by atoms with Crippen molar-refractivity contribution in [3.8, 4) is 23.0 Å². The predicted molar refractivity (Wildman–Crippen MR) is 129 cm³/mol. The summed E-state index contributed by atoms with van der Waals surface area (Å²) in [6.45, 7) is -0.0829. The van der Waals surface area contributed by atoms with Crippen LogP contribution in [0.5, 0.6) is 23.0 Å². The first-order valence-electron chi connectivity index (χ1n) is 9.59. The number of halogens is 2. The summed E-state index contributed by atoms with van der Waals surface area (Å²) >= 11 is 7.97. The highest BCUT2D eigenvalue weighted by Gasteiger charge is 2.17. The topological polar surface area (TPSA) is 95.5 Å². The molecule has 0 fully saturated rings. The molecule has 4 rings (SSSR count). The molecule has 0 radical (unpaired) electrons. The highest BCUT2D eigenvalue weighted by molar-refractivity contribution is 14.1. The van der Waals surface area contributed by atoms with Crippen LogP contribution in [0.4, 0.5) is 0 Å². The maximum Gasteiger partial charge on any atom is 0.343 e. The average Bonchev–Trinajstić information content (AvgIpc) is 3.27. The predicted octanol–water partition coefficient (Wildman–Crippen LogP) is 4.42. The third-order valence-corrected chi connectivity index (χ3v) is 5.41. The van der Waals surface area contributed by atoms with Crippen LogP contribution in [0, 0.1) is 3.57 Å². The standard InChI is InChI=1S/C23H16ClIN2O6/c24-16-5-7-19(18(25)10-16)30-12-22(28)27-26-11-14-2-1-3-17(8-14)33-23(29)15-4-6-20-21(9-15)32-13-31-20/h1-11H,12-13H2,(H,27,28). The van der Waals surface area contributed by atoms with Gasteiger partial charge in [-0.3, -0.25) is 4.79 Å². The molecule has 10 heteroatoms. The number of esters is 1. The van der Waals surface area contributed by atoms with Crippen molar-refractivity contribution >= 4 is 52.3 Å². The van der Waals surface area contributed by atoms with E-state index in [-0.39, 0.29) is 13.4 Å². The van der Waals surface area contributed by atoms with Gasteiger partial charge in [-0.15, -0.1) is 0 Å². The second-order valence-electron chi connectivity index (χ2n) is 6.69. The molecule has 1 amide bonds. The number of ether oxygens (including phenoxy) is 4. The average molecular weight is 579 g/mol. The van der Waals surface area contributed by atoms with Crippen molar-refractivity contribution in [2.75, 3.05) is 13.4 Å². The van der Waals surface area contributed by atoms with E-state index in [0.29, 0.717) is 39.1 Å². The number of hydrogen-bond acceptors (Lipinski definition) is 7. The number of nitrogens with one attached hydrogen (secondary N) is 1. The highest BCUT2D eigenvalue weighted by atomic mass is 127. The number of nitrogens with zero attached hydrogens (tertiary/aromatic N) is 1. The molecular formula is C23H16ClIN2O6. The summed E-state index contributed by atoms with van der Waals surface area (Å²) in [6.07, 6.45) is 1.43. The molecule has 168 valence electrons. The van der Waals surface area contributed by atoms with Crippen molar-refractivity contribution in [1.82, 2.24) is 5.43 Å². The van der Waals surface area contributed by atoms with Crippen molar-refractivity contribution in [3.63, 3.8) is 0 Å². The number of hydrazone groups is 1. The number of carbonyl (C=O) groups is 2. The van der Waals surface area contributed by atoms with Gasteiger partial charge in [0.2, 0.25) is 6.79 Å². The van der Waals surface area contributed by atoms with Gasteiger partial charge in [-0.25, -0.2) is 10.2 Å². The summed E-state index contributed by atoms with van der Waals surface area (Å²) in [5.74, 6) is 0.993. The molecule has 0 aliphatic carbocycles. The van der Waals surface area contributed by atoms with Crippen LogP contribution in [0.15, 0.2) is 65.8 Å². The van der Waals surface area contributed by atoms with Crippen LogP contribution in [0.3, 0.4) is 0 Å². The molecule has 8 nitrogen and oxygen atoms in total. The van der Waals surface area contributed by atoms with Crippen molar-refractivity contribution in [3.05, 3.63) is 80.4 Å². The molecular weight excluding hydrogens is 563 g/mol. The van der Waals surface area contributed by atoms with E-state index in [4.69, 9.17) is 30.5 Å². The van der Waals surface area contributed by atoms with E-state index >= 15 is 0 Å². The Bertz CT molecular complexity index is 1230. The van der Waals surface area contributed by atoms with Gasteiger partial charge < -0.3 is 18.9 Å². The molecule has 3 aromatic carbocycles. The Balaban J connectivity index is 1.30. The first-order valence-corrected chi connectivity index (χ1v) is 11.1. The number of rotatable bonds is 7. The van der Waals surface area contributed by atoms with Crippen molar-refractivity contribution < 1.29 is 28.5 Å². The Labute approximate surface area is 207 Å². The molecule has 1 aliphatic heterocycles. The third-order valence-electron chi connectivity index (χ3n) is 4.33. The molecule has 0 spiro atoms. The summed E-state index contributed by atoms with van der Waals surface area (Å²) in [7, 11) is 0. The first kappa shape index (κ1) is 22.9. The maximum atomic E-state index is 12.4. The molecule has 0 bridgehead atoms. The second-order valence-corrected chi connectivity index (χ2v) is 8.29. The Morgan fingerprint density at radius 1 is 1.09 bits per heavy atom. The highest BCUT2D eigenvalue weighted by Crippen LogP contribution is 2.32. The van der Waals surface area contributed by atoms with Gasteiger partial charge in [-0.2, -0.15) is 5.10 Å². The summed E-state index contributed by atoms with van der Waals surface area (Å²) in [4.78, 5) is 24.4. The largest absolute Gasteiger partial charge is 0.483 e. The van der Waals surface area contributed by atoms with Crippen LogP contribution in [0.1, 0.15) is 15.9 Å². The number of hydrogen-bond donors (Lipinski definition) is 1. The maximum absolute atomic E-state index is 12.4. The summed E-state index contributed by atoms with van der Waals surface area (Å²) in [5.41, 5.74) is 3.34. The van der Waals surface area contributed by atoms with Crippen LogP contribution in [0.2, 0.25) is 5.02 Å². The molecule has 1 aliphatic rings. The van der Waals surface area contributed by atoms with Crippen LogP contribution in [-0.4, -0.2) is 31.5 Å². The number of carbonyl (C=O) groups excluding carboxylic acids is 2. The lowest BCUT2D eigenvalue weighted by Gasteiger charge is -2.07. The molecule has 0 saturated heterocycles. The number of fused-ring (bicyclic) bond motifs is 1. The lowest BCUT2D eigenvalue weighted by molar-refractivity contribution is -0.123. The smallest absolute Gasteiger partial charge is 0.343 e. The lowest BCUT2D eigenvalue weighted by Crippen LogP contribution is -2.24. The third kappa shape index (κ3) is 6.14. The zero-order valence-electron chi connectivity index (χ0n) is 16.9. The SMILES string of the molecule is O=C(COc1ccc(Cl)cc1I)NN=Cc1cccc(OC(=O)c2ccc3c(c2)OCO3)c1. The Kier molecular flexibility index (Phi) is 7.30. The first-order chi connectivity index (χ1) is 16.0. The molecule has 33 heavy (non-hydrogen) atoms. The van der Waals surface area contributed by atoms with E-state index < -0.39 is 11.9 Å². The molecule has 0 atom stereocenters. The molecule has 0 unspecified atom stereocenters. The van der Waals surface area contributed by atoms with E-state index in [0.717, 1.165) is 3.57 Å². The minimum Gasteiger partial charge on any atom is -0.483 e. The quantitative estimate of drug-likeness (QED) is 0.147. The summed E-state index contributed by atoms with van der Waals surface area (Å²) in [6, 6.07) is 16.6. The van der Waals surface area contributed by atoms with E-state index in [1.807, 2.05) is 0 Å². The van der Waals surface area contributed by atoms with Gasteiger partial charge in [0.25, 0.3) is 5.91 Å². The van der Waals surface area contributed by atoms with Crippen molar-refractivity contribution in [1.29, 1.82) is 0 Å². The van der Waals surface area contributed by atoms with E-state index in [2.05, 4.69) is 33.1 Å². The van der Waals surface area contributed by atoms with Crippen LogP contribution >= 0.6 is 34.2 Å². The van der Waals surface area contributed by atoms with E-state index in [1.54, 1.807) is 60.7 Å². The van der Waals surface area contributed by atoms with Crippen molar-refractivity contribution in [2.45, 2.75) is 0 Å². The van der Waals surface area contributed by atoms with Gasteiger partial charge in [0.05, 0.1) is 15.3 Å². The Morgan fingerprint density at radius 2 is 1.94 bits per heavy atom. The Morgan fingerprint density at radius 3 is 2.79 bits per heavy atom. The molecule has 0 aromatic heterocycles. The van der Waals surface area contributed by atoms with Crippen LogP contribution in [0.25, 0.3) is 0 Å². The molecule has 1 N–H and O–H groups in total. The monoisotopic (exact) mass is 578 g/mol. The normalized spacial score (nSPS) is 11.9. The van der Waals surface area contributed by atoms with Gasteiger partial charge in [0, 0.05) is 5.02 Å².